The van der Waals surface area contributed by atoms with Gasteiger partial charge < -0.3 is 15.5 Å². The number of carbonyl (C=O) groups is 2. The number of carbonyl (C=O) groups excluding carboxylic acids is 2. The summed E-state index contributed by atoms with van der Waals surface area (Å²) in [6, 6.07) is 7.86. The standard InChI is InChI=1S/C17H22ClN3O2.ClH/c1-11-8-13(6-7-19-11)20-17(23)12-9-16(22)21(10-12)15-5-3-2-4-14(15)18;/h2-5,11-13,19H,6-10H2,1H3,(H,20,23);1H. The highest BCUT2D eigenvalue weighted by atomic mass is 35.5. The molecule has 0 saturated carbocycles. The van der Waals surface area contributed by atoms with Crippen LogP contribution in [0.5, 0.6) is 0 Å². The second kappa shape index (κ2) is 8.19. The van der Waals surface area contributed by atoms with E-state index >= 15 is 0 Å². The molecule has 0 aliphatic carbocycles. The van der Waals surface area contributed by atoms with Gasteiger partial charge in [0.2, 0.25) is 11.8 Å². The maximum Gasteiger partial charge on any atom is 0.227 e. The minimum Gasteiger partial charge on any atom is -0.353 e. The van der Waals surface area contributed by atoms with Crippen LogP contribution in [0.1, 0.15) is 26.2 Å². The molecule has 7 heteroatoms. The molecule has 132 valence electrons. The van der Waals surface area contributed by atoms with E-state index in [2.05, 4.69) is 17.6 Å². The molecule has 2 saturated heterocycles. The summed E-state index contributed by atoms with van der Waals surface area (Å²) in [5.74, 6) is -0.368. The number of anilines is 1. The summed E-state index contributed by atoms with van der Waals surface area (Å²) in [5, 5.41) is 7.01. The van der Waals surface area contributed by atoms with Crippen molar-refractivity contribution in [3.05, 3.63) is 29.3 Å². The van der Waals surface area contributed by atoms with Crippen molar-refractivity contribution in [1.29, 1.82) is 0 Å². The van der Waals surface area contributed by atoms with Gasteiger partial charge in [0.05, 0.1) is 16.6 Å². The topological polar surface area (TPSA) is 61.4 Å². The Labute approximate surface area is 153 Å². The van der Waals surface area contributed by atoms with E-state index in [-0.39, 0.29) is 42.6 Å². The molecule has 0 aromatic heterocycles. The summed E-state index contributed by atoms with van der Waals surface area (Å²) >= 11 is 6.17. The van der Waals surface area contributed by atoms with Crippen molar-refractivity contribution in [2.45, 2.75) is 38.3 Å². The van der Waals surface area contributed by atoms with E-state index in [1.807, 2.05) is 18.2 Å². The molecule has 2 N–H and O–H groups in total. The van der Waals surface area contributed by atoms with Crippen LogP contribution in [0.2, 0.25) is 5.02 Å². The van der Waals surface area contributed by atoms with Crippen LogP contribution in [0.15, 0.2) is 24.3 Å². The van der Waals surface area contributed by atoms with E-state index < -0.39 is 0 Å². The molecule has 2 amide bonds. The van der Waals surface area contributed by atoms with Crippen molar-refractivity contribution in [1.82, 2.24) is 10.6 Å². The molecular weight excluding hydrogens is 349 g/mol. The first-order valence-corrected chi connectivity index (χ1v) is 8.51. The molecule has 3 atom stereocenters. The van der Waals surface area contributed by atoms with Gasteiger partial charge in [-0.2, -0.15) is 0 Å². The van der Waals surface area contributed by atoms with E-state index in [4.69, 9.17) is 11.6 Å². The molecule has 2 aliphatic heterocycles. The van der Waals surface area contributed by atoms with Gasteiger partial charge in [0.1, 0.15) is 0 Å². The normalized spacial score (nSPS) is 26.8. The summed E-state index contributed by atoms with van der Waals surface area (Å²) in [6.45, 7) is 3.44. The van der Waals surface area contributed by atoms with Gasteiger partial charge in [-0.25, -0.2) is 0 Å². The number of piperidine rings is 1. The summed E-state index contributed by atoms with van der Waals surface area (Å²) in [5.41, 5.74) is 0.685. The molecule has 0 spiro atoms. The molecular formula is C17H23Cl2N3O2. The molecule has 24 heavy (non-hydrogen) atoms. The van der Waals surface area contributed by atoms with E-state index in [1.54, 1.807) is 11.0 Å². The highest BCUT2D eigenvalue weighted by molar-refractivity contribution is 6.33. The predicted octanol–water partition coefficient (Wildman–Crippen LogP) is 2.37. The van der Waals surface area contributed by atoms with Gasteiger partial charge >= 0.3 is 0 Å². The quantitative estimate of drug-likeness (QED) is 0.857. The van der Waals surface area contributed by atoms with Crippen molar-refractivity contribution in [2.24, 2.45) is 5.92 Å². The number of nitrogens with one attached hydrogen (secondary N) is 2. The molecule has 3 rings (SSSR count). The number of nitrogens with zero attached hydrogens (tertiary/aromatic N) is 1. The van der Waals surface area contributed by atoms with Crippen molar-refractivity contribution in [3.8, 4) is 0 Å². The molecule has 2 aliphatic rings. The lowest BCUT2D eigenvalue weighted by Crippen LogP contribution is -2.48. The van der Waals surface area contributed by atoms with Crippen molar-refractivity contribution < 1.29 is 9.59 Å². The minimum absolute atomic E-state index is 0. The van der Waals surface area contributed by atoms with Crippen LogP contribution in [0, 0.1) is 5.92 Å². The Balaban J connectivity index is 0.00000208. The summed E-state index contributed by atoms with van der Waals surface area (Å²) in [6.07, 6.45) is 2.11. The van der Waals surface area contributed by atoms with E-state index in [0.717, 1.165) is 19.4 Å². The molecule has 0 radical (unpaired) electrons. The maximum absolute atomic E-state index is 12.5. The van der Waals surface area contributed by atoms with Crippen LogP contribution in [-0.4, -0.2) is 37.0 Å². The van der Waals surface area contributed by atoms with Gasteiger partial charge in [-0.15, -0.1) is 12.4 Å². The molecule has 1 aromatic rings. The van der Waals surface area contributed by atoms with E-state index in [0.29, 0.717) is 23.3 Å². The molecule has 5 nitrogen and oxygen atoms in total. The lowest BCUT2D eigenvalue weighted by atomic mass is 9.99. The smallest absolute Gasteiger partial charge is 0.227 e. The number of amides is 2. The first-order valence-electron chi connectivity index (χ1n) is 8.13. The number of halogens is 2. The maximum atomic E-state index is 12.5. The van der Waals surface area contributed by atoms with Gasteiger partial charge in [0.15, 0.2) is 0 Å². The number of hydrogen-bond acceptors (Lipinski definition) is 3. The molecule has 2 fully saturated rings. The van der Waals surface area contributed by atoms with Crippen LogP contribution in [-0.2, 0) is 9.59 Å². The highest BCUT2D eigenvalue weighted by Gasteiger charge is 2.36. The molecule has 0 bridgehead atoms. The van der Waals surface area contributed by atoms with Crippen LogP contribution >= 0.6 is 24.0 Å². The monoisotopic (exact) mass is 371 g/mol. The Morgan fingerprint density at radius 1 is 1.38 bits per heavy atom. The van der Waals surface area contributed by atoms with E-state index in [9.17, 15) is 9.59 Å². The van der Waals surface area contributed by atoms with Crippen LogP contribution < -0.4 is 15.5 Å². The minimum atomic E-state index is -0.302. The third kappa shape index (κ3) is 4.21. The number of para-hydroxylation sites is 1. The SMILES string of the molecule is CC1CC(NC(=O)C2CC(=O)N(c3ccccc3Cl)C2)CCN1.Cl. The Morgan fingerprint density at radius 2 is 2.12 bits per heavy atom. The lowest BCUT2D eigenvalue weighted by molar-refractivity contribution is -0.127. The lowest BCUT2D eigenvalue weighted by Gasteiger charge is -2.29. The second-order valence-electron chi connectivity index (χ2n) is 6.44. The molecule has 1 aromatic carbocycles. The first-order chi connectivity index (χ1) is 11.0. The Morgan fingerprint density at radius 3 is 2.83 bits per heavy atom. The third-order valence-corrected chi connectivity index (χ3v) is 4.93. The number of rotatable bonds is 3. The average molecular weight is 372 g/mol. The number of hydrogen-bond donors (Lipinski definition) is 2. The Bertz CT molecular complexity index is 611. The molecule has 3 unspecified atom stereocenters. The predicted molar refractivity (Wildman–Crippen MR) is 97.8 cm³/mol. The fourth-order valence-corrected chi connectivity index (χ4v) is 3.61. The molecule has 2 heterocycles. The van der Waals surface area contributed by atoms with Crippen molar-refractivity contribution in [2.75, 3.05) is 18.0 Å². The fourth-order valence-electron chi connectivity index (χ4n) is 3.37. The summed E-state index contributed by atoms with van der Waals surface area (Å²) in [7, 11) is 0. The fraction of sp³-hybridized carbons (Fsp3) is 0.529. The van der Waals surface area contributed by atoms with Gasteiger partial charge in [-0.3, -0.25) is 9.59 Å². The van der Waals surface area contributed by atoms with Crippen LogP contribution in [0.25, 0.3) is 0 Å². The zero-order chi connectivity index (χ0) is 16.4. The average Bonchev–Trinajstić information content (AvgIpc) is 2.90. The largest absolute Gasteiger partial charge is 0.353 e. The van der Waals surface area contributed by atoms with Crippen molar-refractivity contribution in [3.63, 3.8) is 0 Å². The second-order valence-corrected chi connectivity index (χ2v) is 6.85. The zero-order valence-corrected chi connectivity index (χ0v) is 15.2. The zero-order valence-electron chi connectivity index (χ0n) is 13.6. The number of benzene rings is 1. The Kier molecular flexibility index (Phi) is 6.49. The summed E-state index contributed by atoms with van der Waals surface area (Å²) < 4.78 is 0. The van der Waals surface area contributed by atoms with Gasteiger partial charge in [-0.05, 0) is 38.4 Å². The van der Waals surface area contributed by atoms with Gasteiger partial charge in [-0.1, -0.05) is 23.7 Å². The van der Waals surface area contributed by atoms with Gasteiger partial charge in [0, 0.05) is 25.0 Å². The van der Waals surface area contributed by atoms with Crippen LogP contribution in [0.3, 0.4) is 0 Å². The van der Waals surface area contributed by atoms with E-state index in [1.165, 1.54) is 0 Å². The Hall–Kier alpha value is -1.30. The van der Waals surface area contributed by atoms with Crippen molar-refractivity contribution >= 4 is 41.5 Å². The highest BCUT2D eigenvalue weighted by Crippen LogP contribution is 2.31. The summed E-state index contributed by atoms with van der Waals surface area (Å²) in [4.78, 5) is 26.4. The first kappa shape index (κ1) is 19.0. The van der Waals surface area contributed by atoms with Crippen LogP contribution in [0.4, 0.5) is 5.69 Å². The third-order valence-electron chi connectivity index (χ3n) is 4.61. The van der Waals surface area contributed by atoms with Gasteiger partial charge in [0.25, 0.3) is 0 Å².